The first kappa shape index (κ1) is 17.0. The van der Waals surface area contributed by atoms with Gasteiger partial charge in [-0.25, -0.2) is 0 Å². The number of carbonyl (C=O) groups is 1. The summed E-state index contributed by atoms with van der Waals surface area (Å²) in [6.45, 7) is 11.8. The van der Waals surface area contributed by atoms with Crippen molar-refractivity contribution in [2.45, 2.75) is 44.1 Å². The van der Waals surface area contributed by atoms with Crippen molar-refractivity contribution in [1.82, 2.24) is 5.32 Å². The van der Waals surface area contributed by atoms with Crippen LogP contribution in [0, 0.1) is 5.41 Å². The van der Waals surface area contributed by atoms with Gasteiger partial charge in [0.15, 0.2) is 0 Å². The molecule has 1 fully saturated rings. The van der Waals surface area contributed by atoms with E-state index in [1.54, 1.807) is 23.5 Å². The van der Waals surface area contributed by atoms with Gasteiger partial charge in [-0.3, -0.25) is 4.79 Å². The van der Waals surface area contributed by atoms with Crippen LogP contribution in [0.2, 0.25) is 0 Å². The van der Waals surface area contributed by atoms with Gasteiger partial charge in [-0.15, -0.1) is 24.5 Å². The Morgan fingerprint density at radius 2 is 2.05 bits per heavy atom. The van der Waals surface area contributed by atoms with E-state index in [0.717, 1.165) is 11.3 Å². The second-order valence-electron chi connectivity index (χ2n) is 6.84. The number of hydrogen-bond acceptors (Lipinski definition) is 3. The third kappa shape index (κ3) is 2.90. The molecule has 1 aromatic rings. The van der Waals surface area contributed by atoms with Gasteiger partial charge >= 0.3 is 0 Å². The lowest BCUT2D eigenvalue weighted by atomic mass is 9.91. The molecule has 1 aliphatic rings. The lowest BCUT2D eigenvalue weighted by Crippen LogP contribution is -2.46. The van der Waals surface area contributed by atoms with Crippen LogP contribution < -0.4 is 5.32 Å². The van der Waals surface area contributed by atoms with Crippen LogP contribution in [0.25, 0.3) is 0 Å². The molecule has 0 spiro atoms. The number of nitrogens with one attached hydrogen (secondary N) is 1. The lowest BCUT2D eigenvalue weighted by molar-refractivity contribution is -0.125. The Balaban J connectivity index is 2.11. The summed E-state index contributed by atoms with van der Waals surface area (Å²) in [6.07, 6.45) is 5.04. The van der Waals surface area contributed by atoms with Gasteiger partial charge in [-0.1, -0.05) is 32.1 Å². The summed E-state index contributed by atoms with van der Waals surface area (Å²) < 4.78 is 0. The third-order valence-corrected chi connectivity index (χ3v) is 5.73. The molecule has 0 aliphatic heterocycles. The summed E-state index contributed by atoms with van der Waals surface area (Å²) in [7, 11) is 0. The summed E-state index contributed by atoms with van der Waals surface area (Å²) in [6, 6.07) is 4.01. The fourth-order valence-corrected chi connectivity index (χ4v) is 4.32. The Morgan fingerprint density at radius 1 is 1.45 bits per heavy atom. The van der Waals surface area contributed by atoms with E-state index in [1.165, 1.54) is 0 Å². The number of thiophene rings is 1. The van der Waals surface area contributed by atoms with Crippen molar-refractivity contribution in [3.05, 3.63) is 47.7 Å². The summed E-state index contributed by atoms with van der Waals surface area (Å²) in [4.78, 5) is 13.9. The van der Waals surface area contributed by atoms with Crippen LogP contribution in [0.1, 0.15) is 38.0 Å². The zero-order valence-corrected chi connectivity index (χ0v) is 14.2. The van der Waals surface area contributed by atoms with Crippen LogP contribution >= 0.6 is 11.3 Å². The standard InChI is InChI=1S/C18H25NO2S/c1-5-9-17(21,10-6-2)13-19-15(20)18(12-16(18,3)4)14-8-7-11-22-14/h5-8,11,21H,1-2,9-10,12-13H2,3-4H3,(H,19,20). The highest BCUT2D eigenvalue weighted by Gasteiger charge is 2.67. The molecular formula is C18H25NO2S. The molecule has 1 atom stereocenters. The van der Waals surface area contributed by atoms with Crippen LogP contribution in [-0.4, -0.2) is 23.2 Å². The molecule has 1 unspecified atom stereocenters. The van der Waals surface area contributed by atoms with Gasteiger partial charge in [0.05, 0.1) is 11.0 Å². The third-order valence-electron chi connectivity index (χ3n) is 4.69. The largest absolute Gasteiger partial charge is 0.387 e. The van der Waals surface area contributed by atoms with Gasteiger partial charge in [0.2, 0.25) is 5.91 Å². The average molecular weight is 319 g/mol. The summed E-state index contributed by atoms with van der Waals surface area (Å²) in [5.74, 6) is 0.00602. The molecule has 0 aromatic carbocycles. The molecule has 120 valence electrons. The minimum atomic E-state index is -1.01. The Kier molecular flexibility index (Phi) is 4.64. The first-order valence-corrected chi connectivity index (χ1v) is 8.46. The second kappa shape index (κ2) is 6.01. The van der Waals surface area contributed by atoms with Gasteiger partial charge in [-0.2, -0.15) is 0 Å². The van der Waals surface area contributed by atoms with Crippen LogP contribution in [0.4, 0.5) is 0 Å². The number of hydrogen-bond donors (Lipinski definition) is 2. The molecule has 0 radical (unpaired) electrons. The zero-order chi connectivity index (χ0) is 16.4. The average Bonchev–Trinajstić information content (AvgIpc) is 2.82. The van der Waals surface area contributed by atoms with Crippen molar-refractivity contribution >= 4 is 17.2 Å². The highest BCUT2D eigenvalue weighted by molar-refractivity contribution is 7.10. The van der Waals surface area contributed by atoms with E-state index in [2.05, 4.69) is 32.3 Å². The fraction of sp³-hybridized carbons (Fsp3) is 0.500. The van der Waals surface area contributed by atoms with Crippen LogP contribution in [-0.2, 0) is 10.2 Å². The zero-order valence-electron chi connectivity index (χ0n) is 13.4. The maximum Gasteiger partial charge on any atom is 0.232 e. The first-order valence-electron chi connectivity index (χ1n) is 7.58. The van der Waals surface area contributed by atoms with Crippen molar-refractivity contribution in [1.29, 1.82) is 0 Å². The summed E-state index contributed by atoms with van der Waals surface area (Å²) in [5.41, 5.74) is -1.50. The van der Waals surface area contributed by atoms with Gasteiger partial charge in [-0.05, 0) is 36.1 Å². The minimum Gasteiger partial charge on any atom is -0.387 e. The molecule has 2 N–H and O–H groups in total. The number of carbonyl (C=O) groups excluding carboxylic acids is 1. The predicted molar refractivity (Wildman–Crippen MR) is 92.0 cm³/mol. The fourth-order valence-electron chi connectivity index (χ4n) is 3.22. The number of aliphatic hydroxyl groups is 1. The molecule has 0 bridgehead atoms. The Bertz CT molecular complexity index is 552. The minimum absolute atomic E-state index is 0.00602. The molecule has 1 aliphatic carbocycles. The molecule has 4 heteroatoms. The second-order valence-corrected chi connectivity index (χ2v) is 7.78. The molecule has 3 nitrogen and oxygen atoms in total. The van der Waals surface area contributed by atoms with Gasteiger partial charge in [0, 0.05) is 11.4 Å². The molecule has 2 rings (SSSR count). The predicted octanol–water partition coefficient (Wildman–Crippen LogP) is 3.42. The van der Waals surface area contributed by atoms with Gasteiger partial charge in [0.1, 0.15) is 0 Å². The Morgan fingerprint density at radius 3 is 2.45 bits per heavy atom. The maximum atomic E-state index is 12.8. The summed E-state index contributed by atoms with van der Waals surface area (Å²) >= 11 is 1.62. The first-order chi connectivity index (χ1) is 10.3. The monoisotopic (exact) mass is 319 g/mol. The molecule has 1 amide bonds. The van der Waals surface area contributed by atoms with Crippen LogP contribution in [0.3, 0.4) is 0 Å². The van der Waals surface area contributed by atoms with Crippen molar-refractivity contribution < 1.29 is 9.90 Å². The van der Waals surface area contributed by atoms with E-state index < -0.39 is 11.0 Å². The molecule has 0 saturated heterocycles. The van der Waals surface area contributed by atoms with E-state index in [4.69, 9.17) is 0 Å². The smallest absolute Gasteiger partial charge is 0.232 e. The van der Waals surface area contributed by atoms with E-state index in [-0.39, 0.29) is 17.9 Å². The molecular weight excluding hydrogens is 294 g/mol. The quantitative estimate of drug-likeness (QED) is 0.721. The highest BCUT2D eigenvalue weighted by atomic mass is 32.1. The normalized spacial score (nSPS) is 22.9. The Labute approximate surface area is 136 Å². The van der Waals surface area contributed by atoms with Crippen molar-refractivity contribution in [2.75, 3.05) is 6.54 Å². The molecule has 1 aromatic heterocycles. The van der Waals surface area contributed by atoms with Crippen LogP contribution in [0.5, 0.6) is 0 Å². The lowest BCUT2D eigenvalue weighted by Gasteiger charge is -2.28. The van der Waals surface area contributed by atoms with E-state index >= 15 is 0 Å². The van der Waals surface area contributed by atoms with Crippen molar-refractivity contribution in [3.63, 3.8) is 0 Å². The maximum absolute atomic E-state index is 12.8. The SMILES string of the molecule is C=CCC(O)(CC=C)CNC(=O)C1(c2cccs2)CC1(C)C. The van der Waals surface area contributed by atoms with E-state index in [0.29, 0.717) is 12.8 Å². The summed E-state index contributed by atoms with van der Waals surface area (Å²) in [5, 5.41) is 15.5. The molecule has 22 heavy (non-hydrogen) atoms. The highest BCUT2D eigenvalue weighted by Crippen LogP contribution is 2.65. The van der Waals surface area contributed by atoms with Crippen molar-refractivity contribution in [3.8, 4) is 0 Å². The molecule has 1 heterocycles. The van der Waals surface area contributed by atoms with Crippen molar-refractivity contribution in [2.24, 2.45) is 5.41 Å². The van der Waals surface area contributed by atoms with Gasteiger partial charge < -0.3 is 10.4 Å². The van der Waals surface area contributed by atoms with E-state index in [9.17, 15) is 9.90 Å². The number of amides is 1. The molecule has 1 saturated carbocycles. The number of rotatable bonds is 8. The van der Waals surface area contributed by atoms with E-state index in [1.807, 2.05) is 17.5 Å². The van der Waals surface area contributed by atoms with Crippen LogP contribution in [0.15, 0.2) is 42.8 Å². The van der Waals surface area contributed by atoms with Gasteiger partial charge in [0.25, 0.3) is 0 Å². The Hall–Kier alpha value is -1.39. The topological polar surface area (TPSA) is 49.3 Å².